The van der Waals surface area contributed by atoms with Gasteiger partial charge in [0.15, 0.2) is 12.2 Å². The molecule has 0 bridgehead atoms. The number of anilines is 1. The number of carbonyl (C=O) groups excluding carboxylic acids is 1. The van der Waals surface area contributed by atoms with Gasteiger partial charge in [-0.3, -0.25) is 4.79 Å². The first-order valence-corrected chi connectivity index (χ1v) is 6.72. The molecule has 1 saturated carbocycles. The molecule has 104 valence electrons. The molecule has 2 aromatic rings. The normalized spacial score (nSPS) is 16.4. The molecule has 0 aliphatic heterocycles. The summed E-state index contributed by atoms with van der Waals surface area (Å²) in [6.45, 7) is 0. The maximum absolute atomic E-state index is 12.0. The predicted molar refractivity (Wildman–Crippen MR) is 76.0 cm³/mol. The average Bonchev–Trinajstić information content (AvgIpc) is 2.91. The van der Waals surface area contributed by atoms with Gasteiger partial charge in [0.2, 0.25) is 5.91 Å². The molecular formula is C15H17N3O2. The molecule has 0 atom stereocenters. The van der Waals surface area contributed by atoms with Crippen LogP contribution < -0.4 is 11.1 Å². The molecule has 1 fully saturated rings. The van der Waals surface area contributed by atoms with Gasteiger partial charge in [-0.15, -0.1) is 0 Å². The number of hydrogen-bond acceptors (Lipinski definition) is 4. The number of aromatic nitrogens is 1. The third-order valence-electron chi connectivity index (χ3n) is 3.73. The lowest BCUT2D eigenvalue weighted by atomic mass is 9.75. The Balaban J connectivity index is 1.68. The number of nitrogens with one attached hydrogen (secondary N) is 1. The fourth-order valence-corrected chi connectivity index (χ4v) is 2.44. The summed E-state index contributed by atoms with van der Waals surface area (Å²) in [5, 5.41) is 2.89. The van der Waals surface area contributed by atoms with Crippen LogP contribution in [0.15, 0.2) is 41.3 Å². The number of benzene rings is 1. The van der Waals surface area contributed by atoms with Crippen molar-refractivity contribution < 1.29 is 9.21 Å². The maximum atomic E-state index is 12.0. The largest absolute Gasteiger partial charge is 0.444 e. The first-order valence-electron chi connectivity index (χ1n) is 6.72. The Morgan fingerprint density at radius 3 is 2.95 bits per heavy atom. The van der Waals surface area contributed by atoms with E-state index in [1.807, 2.05) is 24.3 Å². The van der Waals surface area contributed by atoms with Crippen molar-refractivity contribution in [2.75, 3.05) is 5.32 Å². The van der Waals surface area contributed by atoms with Crippen LogP contribution in [-0.4, -0.2) is 16.4 Å². The quantitative estimate of drug-likeness (QED) is 0.895. The molecule has 1 aliphatic rings. The minimum absolute atomic E-state index is 0.0399. The third-order valence-corrected chi connectivity index (χ3v) is 3.73. The van der Waals surface area contributed by atoms with Gasteiger partial charge in [-0.25, -0.2) is 4.98 Å². The zero-order valence-electron chi connectivity index (χ0n) is 11.1. The number of nitrogens with two attached hydrogens (primary N) is 1. The first kappa shape index (κ1) is 12.9. The second kappa shape index (κ2) is 5.09. The van der Waals surface area contributed by atoms with E-state index in [0.717, 1.165) is 30.5 Å². The van der Waals surface area contributed by atoms with E-state index in [1.54, 1.807) is 6.20 Å². The van der Waals surface area contributed by atoms with Gasteiger partial charge in [-0.2, -0.15) is 0 Å². The van der Waals surface area contributed by atoms with Crippen LogP contribution >= 0.6 is 0 Å². The van der Waals surface area contributed by atoms with E-state index in [9.17, 15) is 4.79 Å². The number of nitrogens with zero attached hydrogens (tertiary/aromatic N) is 1. The van der Waals surface area contributed by atoms with Crippen LogP contribution in [0.1, 0.15) is 25.7 Å². The van der Waals surface area contributed by atoms with E-state index in [-0.39, 0.29) is 11.4 Å². The van der Waals surface area contributed by atoms with E-state index in [1.165, 1.54) is 6.39 Å². The van der Waals surface area contributed by atoms with Gasteiger partial charge < -0.3 is 15.5 Å². The van der Waals surface area contributed by atoms with Crippen LogP contribution in [-0.2, 0) is 4.79 Å². The van der Waals surface area contributed by atoms with E-state index in [2.05, 4.69) is 10.3 Å². The van der Waals surface area contributed by atoms with Crippen molar-refractivity contribution in [2.45, 2.75) is 31.2 Å². The Morgan fingerprint density at radius 2 is 2.30 bits per heavy atom. The van der Waals surface area contributed by atoms with Crippen LogP contribution in [0.3, 0.4) is 0 Å². The first-order chi connectivity index (χ1) is 9.65. The summed E-state index contributed by atoms with van der Waals surface area (Å²) >= 11 is 0. The minimum atomic E-state index is -0.299. The van der Waals surface area contributed by atoms with Gasteiger partial charge >= 0.3 is 0 Å². The van der Waals surface area contributed by atoms with Crippen LogP contribution in [0.25, 0.3) is 11.3 Å². The standard InChI is InChI=1S/C15H17N3O2/c16-15(5-2-6-15)8-14(19)18-12-4-1-3-11(7-12)13-9-17-10-20-13/h1,3-4,7,9-10H,2,5-6,8,16H2,(H,18,19). The molecule has 3 N–H and O–H groups in total. The van der Waals surface area contributed by atoms with Gasteiger partial charge in [0, 0.05) is 23.2 Å². The van der Waals surface area contributed by atoms with Crippen LogP contribution in [0.2, 0.25) is 0 Å². The zero-order valence-corrected chi connectivity index (χ0v) is 11.1. The second-order valence-electron chi connectivity index (χ2n) is 5.39. The molecule has 1 amide bonds. The van der Waals surface area contributed by atoms with Crippen LogP contribution in [0.5, 0.6) is 0 Å². The predicted octanol–water partition coefficient (Wildman–Crippen LogP) is 2.55. The molecule has 1 aromatic heterocycles. The molecule has 3 rings (SSSR count). The molecule has 5 nitrogen and oxygen atoms in total. The fourth-order valence-electron chi connectivity index (χ4n) is 2.44. The lowest BCUT2D eigenvalue weighted by molar-refractivity contribution is -0.118. The third kappa shape index (κ3) is 2.72. The summed E-state index contributed by atoms with van der Waals surface area (Å²) in [6, 6.07) is 7.49. The SMILES string of the molecule is NC1(CC(=O)Nc2cccc(-c3cnco3)c2)CCC1. The van der Waals surface area contributed by atoms with Gasteiger partial charge in [0.05, 0.1) is 6.20 Å². The Kier molecular flexibility index (Phi) is 3.28. The highest BCUT2D eigenvalue weighted by Gasteiger charge is 2.34. The summed E-state index contributed by atoms with van der Waals surface area (Å²) in [7, 11) is 0. The van der Waals surface area contributed by atoms with E-state index in [4.69, 9.17) is 10.2 Å². The molecule has 0 radical (unpaired) electrons. The number of rotatable bonds is 4. The summed E-state index contributed by atoms with van der Waals surface area (Å²) in [5.41, 5.74) is 7.40. The van der Waals surface area contributed by atoms with Gasteiger partial charge in [-0.1, -0.05) is 12.1 Å². The molecule has 1 heterocycles. The van der Waals surface area contributed by atoms with E-state index in [0.29, 0.717) is 12.2 Å². The monoisotopic (exact) mass is 271 g/mol. The highest BCUT2D eigenvalue weighted by atomic mass is 16.3. The molecule has 20 heavy (non-hydrogen) atoms. The van der Waals surface area contributed by atoms with Crippen molar-refractivity contribution in [3.63, 3.8) is 0 Å². The maximum Gasteiger partial charge on any atom is 0.226 e. The zero-order chi connectivity index (χ0) is 14.0. The average molecular weight is 271 g/mol. The Hall–Kier alpha value is -2.14. The minimum Gasteiger partial charge on any atom is -0.444 e. The molecular weight excluding hydrogens is 254 g/mol. The van der Waals surface area contributed by atoms with Crippen LogP contribution in [0.4, 0.5) is 5.69 Å². The van der Waals surface area contributed by atoms with Crippen molar-refractivity contribution in [3.8, 4) is 11.3 Å². The van der Waals surface area contributed by atoms with Crippen molar-refractivity contribution >= 4 is 11.6 Å². The summed E-state index contributed by atoms with van der Waals surface area (Å²) in [5.74, 6) is 0.636. The molecule has 1 aliphatic carbocycles. The van der Waals surface area contributed by atoms with Crippen molar-refractivity contribution in [3.05, 3.63) is 36.9 Å². The molecule has 5 heteroatoms. The van der Waals surface area contributed by atoms with Crippen molar-refractivity contribution in [2.24, 2.45) is 5.73 Å². The number of hydrogen-bond donors (Lipinski definition) is 2. The molecule has 1 aromatic carbocycles. The highest BCUT2D eigenvalue weighted by molar-refractivity contribution is 5.92. The van der Waals surface area contributed by atoms with Gasteiger partial charge in [-0.05, 0) is 31.4 Å². The Morgan fingerprint density at radius 1 is 1.45 bits per heavy atom. The van der Waals surface area contributed by atoms with Crippen LogP contribution in [0, 0.1) is 0 Å². The van der Waals surface area contributed by atoms with Gasteiger partial charge in [0.1, 0.15) is 0 Å². The molecule has 0 spiro atoms. The Bertz CT molecular complexity index is 603. The van der Waals surface area contributed by atoms with E-state index < -0.39 is 0 Å². The van der Waals surface area contributed by atoms with Crippen molar-refractivity contribution in [1.82, 2.24) is 4.98 Å². The number of carbonyl (C=O) groups is 1. The summed E-state index contributed by atoms with van der Waals surface area (Å²) in [6.07, 6.45) is 6.38. The van der Waals surface area contributed by atoms with Crippen molar-refractivity contribution in [1.29, 1.82) is 0 Å². The topological polar surface area (TPSA) is 81.2 Å². The van der Waals surface area contributed by atoms with E-state index >= 15 is 0 Å². The molecule has 0 unspecified atom stereocenters. The lowest BCUT2D eigenvalue weighted by Gasteiger charge is -2.37. The number of amides is 1. The number of oxazole rings is 1. The smallest absolute Gasteiger partial charge is 0.226 e. The lowest BCUT2D eigenvalue weighted by Crippen LogP contribution is -2.48. The van der Waals surface area contributed by atoms with Gasteiger partial charge in [0.25, 0.3) is 0 Å². The summed E-state index contributed by atoms with van der Waals surface area (Å²) < 4.78 is 5.24. The second-order valence-corrected chi connectivity index (χ2v) is 5.39. The highest BCUT2D eigenvalue weighted by Crippen LogP contribution is 2.32. The summed E-state index contributed by atoms with van der Waals surface area (Å²) in [4.78, 5) is 15.9. The molecule has 0 saturated heterocycles. The fraction of sp³-hybridized carbons (Fsp3) is 0.333. The Labute approximate surface area is 117 Å².